The molecule has 0 spiro atoms. The van der Waals surface area contributed by atoms with Gasteiger partial charge in [0.2, 0.25) is 0 Å². The number of aliphatic hydroxyl groups excluding tert-OH is 1. The van der Waals surface area contributed by atoms with Crippen LogP contribution in [0.25, 0.3) is 5.65 Å². The van der Waals surface area contributed by atoms with Crippen molar-refractivity contribution in [2.24, 2.45) is 22.7 Å². The van der Waals surface area contributed by atoms with E-state index in [0.717, 1.165) is 18.6 Å². The molecule has 2 aromatic heterocycles. The number of β-amino-alcohol motifs (C(OH)–C–C–N with tert-alkyl or cyclic N) is 1. The molecule has 246 valence electrons. The van der Waals surface area contributed by atoms with Gasteiger partial charge in [-0.3, -0.25) is 9.35 Å². The minimum atomic E-state index is -4.79. The summed E-state index contributed by atoms with van der Waals surface area (Å²) in [5.74, 6) is -1.87. The fraction of sp³-hybridized carbons (Fsp3) is 0.548. The lowest BCUT2D eigenvalue weighted by atomic mass is 9.63. The van der Waals surface area contributed by atoms with E-state index in [0.29, 0.717) is 31.6 Å². The number of anilines is 2. The van der Waals surface area contributed by atoms with Gasteiger partial charge in [-0.2, -0.15) is 13.5 Å². The van der Waals surface area contributed by atoms with Crippen molar-refractivity contribution in [2.75, 3.05) is 29.9 Å². The molecule has 15 heteroatoms. The fourth-order valence-corrected chi connectivity index (χ4v) is 10.7. The first kappa shape index (κ1) is 30.9. The molecule has 1 aromatic carbocycles. The Kier molecular flexibility index (Phi) is 7.18. The van der Waals surface area contributed by atoms with Crippen LogP contribution >= 0.6 is 0 Å². The number of aromatic nitrogens is 3. The number of ketones is 1. The Labute approximate surface area is 264 Å². The number of fused-ring (bicyclic) bond motifs is 3. The summed E-state index contributed by atoms with van der Waals surface area (Å²) in [4.78, 5) is 34.7. The van der Waals surface area contributed by atoms with Crippen LogP contribution < -0.4 is 10.2 Å². The number of carbonyl (C=O) groups excluding carboxylic acids is 2. The van der Waals surface area contributed by atoms with E-state index in [2.05, 4.69) is 10.4 Å². The van der Waals surface area contributed by atoms with E-state index in [1.165, 1.54) is 21.7 Å². The Morgan fingerprint density at radius 1 is 1.17 bits per heavy atom. The Bertz CT molecular complexity index is 1850. The zero-order valence-electron chi connectivity index (χ0n) is 25.4. The van der Waals surface area contributed by atoms with Gasteiger partial charge < -0.3 is 20.2 Å². The number of urea groups is 1. The highest BCUT2D eigenvalue weighted by atomic mass is 32.2. The standard InChI is InChI=1S/C31H36F2N6O6S/c1-30(2)17-7-9-31(30,25(41)12-17)27(46(43,44)45)20-15-37(16-24(20)40)29(42)35-22-14-34-39-11-8-26(36-28(22)39)38-10-3-4-23(38)19-13-18(32)5-6-21(19)33/h5-6,8,11,13-14,17,20,23-24,27,40H,3-4,7,9-10,12,15-16H2,1-2H3,(H,35,42)(H,43,44,45)/t17-,20?,23-,24-,27?,31+/m1/s1. The predicted molar refractivity (Wildman–Crippen MR) is 163 cm³/mol. The van der Waals surface area contributed by atoms with E-state index in [9.17, 15) is 36.4 Å². The lowest BCUT2D eigenvalue weighted by Gasteiger charge is -2.44. The van der Waals surface area contributed by atoms with Gasteiger partial charge in [0, 0.05) is 43.7 Å². The van der Waals surface area contributed by atoms with Crippen molar-refractivity contribution in [3.05, 3.63) is 53.9 Å². The molecule has 4 fully saturated rings. The van der Waals surface area contributed by atoms with Gasteiger partial charge in [-0.05, 0) is 61.3 Å². The van der Waals surface area contributed by atoms with Crippen LogP contribution in [0, 0.1) is 34.3 Å². The molecule has 4 heterocycles. The van der Waals surface area contributed by atoms with Crippen molar-refractivity contribution in [2.45, 2.75) is 63.3 Å². The second-order valence-electron chi connectivity index (χ2n) is 13.7. The van der Waals surface area contributed by atoms with Crippen molar-refractivity contribution in [3.63, 3.8) is 0 Å². The lowest BCUT2D eigenvalue weighted by molar-refractivity contribution is -0.130. The summed E-state index contributed by atoms with van der Waals surface area (Å²) in [5.41, 5.74) is -1.28. The summed E-state index contributed by atoms with van der Waals surface area (Å²) in [6.45, 7) is 3.86. The molecule has 2 amide bonds. The molecule has 2 bridgehead atoms. The van der Waals surface area contributed by atoms with E-state index in [1.54, 1.807) is 12.3 Å². The largest absolute Gasteiger partial charge is 0.391 e. The van der Waals surface area contributed by atoms with Crippen LogP contribution in [0.5, 0.6) is 0 Å². The molecule has 2 aliphatic carbocycles. The molecule has 6 atom stereocenters. The Hall–Kier alpha value is -3.69. The van der Waals surface area contributed by atoms with Crippen molar-refractivity contribution in [1.82, 2.24) is 19.5 Å². The van der Waals surface area contributed by atoms with Gasteiger partial charge in [0.15, 0.2) is 5.65 Å². The molecule has 46 heavy (non-hydrogen) atoms. The summed E-state index contributed by atoms with van der Waals surface area (Å²) in [5, 5.41) is 16.6. The normalized spacial score (nSPS) is 29.7. The molecule has 2 unspecified atom stereocenters. The Morgan fingerprint density at radius 3 is 2.65 bits per heavy atom. The van der Waals surface area contributed by atoms with Crippen LogP contribution in [0.3, 0.4) is 0 Å². The zero-order valence-corrected chi connectivity index (χ0v) is 26.3. The zero-order chi connectivity index (χ0) is 32.8. The number of benzene rings is 1. The SMILES string of the molecule is CC1(C)[C@@H]2CC[C@@]1(C(C1CN(C(=O)Nc3cnn4ccc(N5CCC[C@@H]5c5cc(F)ccc5F)nc34)C[C@H]1O)S(=O)(=O)O)C(=O)C2. The van der Waals surface area contributed by atoms with Gasteiger partial charge in [0.05, 0.1) is 23.8 Å². The monoisotopic (exact) mass is 658 g/mol. The van der Waals surface area contributed by atoms with Crippen molar-refractivity contribution < 1.29 is 36.4 Å². The summed E-state index contributed by atoms with van der Waals surface area (Å²) >= 11 is 0. The number of nitrogens with one attached hydrogen (secondary N) is 1. The van der Waals surface area contributed by atoms with Crippen LogP contribution in [0.4, 0.5) is 25.1 Å². The van der Waals surface area contributed by atoms with E-state index in [-0.39, 0.29) is 48.1 Å². The minimum Gasteiger partial charge on any atom is -0.391 e. The smallest absolute Gasteiger partial charge is 0.322 e. The van der Waals surface area contributed by atoms with E-state index < -0.39 is 61.9 Å². The number of hydrogen-bond donors (Lipinski definition) is 3. The highest BCUT2D eigenvalue weighted by Gasteiger charge is 2.71. The Balaban J connectivity index is 1.13. The molecule has 12 nitrogen and oxygen atoms in total. The maximum absolute atomic E-state index is 14.7. The number of hydrogen-bond acceptors (Lipinski definition) is 8. The number of aliphatic hydroxyl groups is 1. The average Bonchev–Trinajstić information content (AvgIpc) is 3.79. The quantitative estimate of drug-likeness (QED) is 0.335. The maximum Gasteiger partial charge on any atom is 0.322 e. The predicted octanol–water partition coefficient (Wildman–Crippen LogP) is 3.83. The number of nitrogens with zero attached hydrogens (tertiary/aromatic N) is 5. The maximum atomic E-state index is 14.7. The van der Waals surface area contributed by atoms with Crippen LogP contribution in [0.15, 0.2) is 36.7 Å². The third-order valence-electron chi connectivity index (χ3n) is 11.3. The summed E-state index contributed by atoms with van der Waals surface area (Å²) in [6.07, 6.45) is 4.27. The third-order valence-corrected chi connectivity index (χ3v) is 12.7. The summed E-state index contributed by atoms with van der Waals surface area (Å²) < 4.78 is 66.5. The van der Waals surface area contributed by atoms with Crippen LogP contribution in [0.2, 0.25) is 0 Å². The first-order chi connectivity index (χ1) is 21.7. The van der Waals surface area contributed by atoms with Gasteiger partial charge in [-0.25, -0.2) is 23.1 Å². The lowest BCUT2D eigenvalue weighted by Crippen LogP contribution is -2.55. The van der Waals surface area contributed by atoms with Gasteiger partial charge in [0.1, 0.15) is 34.2 Å². The van der Waals surface area contributed by atoms with Crippen LogP contribution in [0.1, 0.15) is 57.6 Å². The minimum absolute atomic E-state index is 0.0149. The molecule has 3 N–H and O–H groups in total. The number of carbonyl (C=O) groups is 2. The molecule has 2 aliphatic heterocycles. The average molecular weight is 659 g/mol. The van der Waals surface area contributed by atoms with E-state index in [4.69, 9.17) is 4.98 Å². The molecular formula is C31H36F2N6O6S. The molecule has 7 rings (SSSR count). The van der Waals surface area contributed by atoms with Gasteiger partial charge in [-0.1, -0.05) is 13.8 Å². The molecular weight excluding hydrogens is 622 g/mol. The molecule has 2 saturated heterocycles. The van der Waals surface area contributed by atoms with Gasteiger partial charge >= 0.3 is 6.03 Å². The molecule has 2 saturated carbocycles. The van der Waals surface area contributed by atoms with Crippen molar-refractivity contribution in [1.29, 1.82) is 0 Å². The van der Waals surface area contributed by atoms with E-state index >= 15 is 0 Å². The molecule has 0 radical (unpaired) electrons. The molecule has 3 aromatic rings. The van der Waals surface area contributed by atoms with Gasteiger partial charge in [-0.15, -0.1) is 0 Å². The first-order valence-electron chi connectivity index (χ1n) is 15.5. The number of amides is 2. The third kappa shape index (κ3) is 4.60. The molecule has 4 aliphatic rings. The van der Waals surface area contributed by atoms with Crippen LogP contribution in [-0.2, 0) is 14.9 Å². The van der Waals surface area contributed by atoms with E-state index in [1.807, 2.05) is 18.7 Å². The highest BCUT2D eigenvalue weighted by molar-refractivity contribution is 7.86. The topological polar surface area (TPSA) is 157 Å². The number of likely N-dealkylation sites (tertiary alicyclic amines) is 1. The highest BCUT2D eigenvalue weighted by Crippen LogP contribution is 2.67. The number of halogens is 2. The fourth-order valence-electron chi connectivity index (χ4n) is 8.93. The summed E-state index contributed by atoms with van der Waals surface area (Å²) in [7, 11) is -4.79. The van der Waals surface area contributed by atoms with Crippen LogP contribution in [-0.4, -0.2) is 80.4 Å². The first-order valence-corrected chi connectivity index (χ1v) is 17.0. The summed E-state index contributed by atoms with van der Waals surface area (Å²) in [6, 6.07) is 4.01. The van der Waals surface area contributed by atoms with Crippen molar-refractivity contribution in [3.8, 4) is 0 Å². The number of rotatable bonds is 6. The van der Waals surface area contributed by atoms with Crippen molar-refractivity contribution >= 4 is 39.1 Å². The van der Waals surface area contributed by atoms with Gasteiger partial charge in [0.25, 0.3) is 10.1 Å². The number of Topliss-reactive ketones (excluding diaryl/α,β-unsaturated/α-hetero) is 1. The second kappa shape index (κ2) is 10.7. The Morgan fingerprint density at radius 2 is 1.96 bits per heavy atom. The second-order valence-corrected chi connectivity index (χ2v) is 15.2.